The monoisotopic (exact) mass is 344 g/mol. The molecule has 25 heavy (non-hydrogen) atoms. The lowest BCUT2D eigenvalue weighted by molar-refractivity contribution is -0.406. The van der Waals surface area contributed by atoms with Crippen LogP contribution in [-0.4, -0.2) is 24.8 Å². The summed E-state index contributed by atoms with van der Waals surface area (Å²) in [5.41, 5.74) is 1.90. The van der Waals surface area contributed by atoms with Gasteiger partial charge in [0, 0.05) is 0 Å². The maximum atomic E-state index is 11.4. The van der Waals surface area contributed by atoms with E-state index in [4.69, 9.17) is 14.5 Å². The van der Waals surface area contributed by atoms with E-state index in [1.54, 1.807) is 0 Å². The van der Waals surface area contributed by atoms with Gasteiger partial charge >= 0.3 is 5.97 Å². The van der Waals surface area contributed by atoms with Crippen LogP contribution < -0.4 is 0 Å². The highest BCUT2D eigenvalue weighted by Gasteiger charge is 2.40. The SMILES string of the molecule is COC(=O)C[C@@H]1OO[C@@](C)(/C(C)=C/C=C/Cc2ccccc2)C[C@H]1C. The fraction of sp³-hybridized carbons (Fsp3) is 0.476. The van der Waals surface area contributed by atoms with Crippen molar-refractivity contribution < 1.29 is 19.3 Å². The van der Waals surface area contributed by atoms with Gasteiger partial charge in [-0.05, 0) is 43.7 Å². The molecule has 3 atom stereocenters. The molecule has 1 heterocycles. The lowest BCUT2D eigenvalue weighted by Gasteiger charge is -2.40. The summed E-state index contributed by atoms with van der Waals surface area (Å²) in [4.78, 5) is 22.6. The molecule has 4 nitrogen and oxygen atoms in total. The first-order valence-corrected chi connectivity index (χ1v) is 8.74. The van der Waals surface area contributed by atoms with Crippen molar-refractivity contribution in [3.63, 3.8) is 0 Å². The fourth-order valence-electron chi connectivity index (χ4n) is 2.96. The van der Waals surface area contributed by atoms with Crippen LogP contribution in [0.25, 0.3) is 0 Å². The van der Waals surface area contributed by atoms with E-state index >= 15 is 0 Å². The molecule has 1 aliphatic heterocycles. The zero-order chi connectivity index (χ0) is 18.3. The summed E-state index contributed by atoms with van der Waals surface area (Å²) in [6.07, 6.45) is 7.91. The zero-order valence-corrected chi connectivity index (χ0v) is 15.5. The van der Waals surface area contributed by atoms with Gasteiger partial charge in [-0.25, -0.2) is 9.78 Å². The van der Waals surface area contributed by atoms with Crippen molar-refractivity contribution in [2.24, 2.45) is 5.92 Å². The minimum Gasteiger partial charge on any atom is -0.469 e. The van der Waals surface area contributed by atoms with Crippen LogP contribution in [0.15, 0.2) is 54.1 Å². The first-order valence-electron chi connectivity index (χ1n) is 8.74. The number of ether oxygens (including phenoxy) is 1. The van der Waals surface area contributed by atoms with Crippen molar-refractivity contribution in [1.29, 1.82) is 0 Å². The topological polar surface area (TPSA) is 44.8 Å². The van der Waals surface area contributed by atoms with Crippen molar-refractivity contribution in [1.82, 2.24) is 0 Å². The predicted octanol–water partition coefficient (Wildman–Crippen LogP) is 4.41. The predicted molar refractivity (Wildman–Crippen MR) is 97.8 cm³/mol. The average Bonchev–Trinajstić information content (AvgIpc) is 2.61. The minimum absolute atomic E-state index is 0.203. The molecular formula is C21H28O4. The van der Waals surface area contributed by atoms with Crippen LogP contribution in [0.5, 0.6) is 0 Å². The number of methoxy groups -OCH3 is 1. The normalized spacial score (nSPS) is 27.4. The van der Waals surface area contributed by atoms with Gasteiger partial charge in [0.15, 0.2) is 0 Å². The van der Waals surface area contributed by atoms with Gasteiger partial charge in [0.25, 0.3) is 0 Å². The van der Waals surface area contributed by atoms with Crippen LogP contribution in [0.2, 0.25) is 0 Å². The van der Waals surface area contributed by atoms with Crippen LogP contribution in [0.3, 0.4) is 0 Å². The second-order valence-corrected chi connectivity index (χ2v) is 6.88. The molecule has 4 heteroatoms. The Hall–Kier alpha value is -1.91. The van der Waals surface area contributed by atoms with Gasteiger partial charge in [-0.3, -0.25) is 4.79 Å². The Morgan fingerprint density at radius 3 is 2.72 bits per heavy atom. The third kappa shape index (κ3) is 5.55. The summed E-state index contributed by atoms with van der Waals surface area (Å²) in [6, 6.07) is 10.3. The summed E-state index contributed by atoms with van der Waals surface area (Å²) >= 11 is 0. The maximum absolute atomic E-state index is 11.4. The number of hydrogen-bond donors (Lipinski definition) is 0. The first kappa shape index (κ1) is 19.4. The van der Waals surface area contributed by atoms with E-state index in [-0.39, 0.29) is 24.4 Å². The van der Waals surface area contributed by atoms with Crippen molar-refractivity contribution >= 4 is 5.97 Å². The number of esters is 1. The fourth-order valence-corrected chi connectivity index (χ4v) is 2.96. The van der Waals surface area contributed by atoms with E-state index in [2.05, 4.69) is 37.3 Å². The quantitative estimate of drug-likeness (QED) is 0.436. The van der Waals surface area contributed by atoms with Crippen molar-refractivity contribution in [2.45, 2.75) is 51.7 Å². The Bertz CT molecular complexity index is 620. The van der Waals surface area contributed by atoms with Gasteiger partial charge in [0.05, 0.1) is 13.5 Å². The number of carbonyl (C=O) groups excluding carboxylic acids is 1. The second kappa shape index (κ2) is 8.97. The van der Waals surface area contributed by atoms with Gasteiger partial charge < -0.3 is 4.74 Å². The van der Waals surface area contributed by atoms with E-state index in [1.807, 2.05) is 32.0 Å². The molecular weight excluding hydrogens is 316 g/mol. The Kier molecular flexibility index (Phi) is 6.97. The minimum atomic E-state index is -0.483. The van der Waals surface area contributed by atoms with Gasteiger partial charge in [-0.1, -0.05) is 55.5 Å². The van der Waals surface area contributed by atoms with Crippen molar-refractivity contribution in [2.75, 3.05) is 7.11 Å². The van der Waals surface area contributed by atoms with Crippen LogP contribution >= 0.6 is 0 Å². The highest BCUT2D eigenvalue weighted by Crippen LogP contribution is 2.37. The van der Waals surface area contributed by atoms with Gasteiger partial charge in [0.2, 0.25) is 0 Å². The molecule has 1 aliphatic rings. The lowest BCUT2D eigenvalue weighted by atomic mass is 9.83. The molecule has 1 aromatic carbocycles. The molecule has 0 aliphatic carbocycles. The Labute approximate surface area is 150 Å². The Morgan fingerprint density at radius 1 is 1.36 bits per heavy atom. The molecule has 0 radical (unpaired) electrons. The number of allylic oxidation sites excluding steroid dienone is 3. The maximum Gasteiger partial charge on any atom is 0.308 e. The summed E-state index contributed by atoms with van der Waals surface area (Å²) in [7, 11) is 1.38. The molecule has 136 valence electrons. The summed E-state index contributed by atoms with van der Waals surface area (Å²) in [5.74, 6) is -0.0744. The number of benzene rings is 1. The molecule has 0 saturated carbocycles. The average molecular weight is 344 g/mol. The van der Waals surface area contributed by atoms with E-state index in [1.165, 1.54) is 12.7 Å². The number of hydrogen-bond acceptors (Lipinski definition) is 4. The van der Waals surface area contributed by atoms with Gasteiger partial charge in [-0.2, -0.15) is 0 Å². The largest absolute Gasteiger partial charge is 0.469 e. The standard InChI is InChI=1S/C21H28O4/c1-16-15-21(3,25-24-19(16)14-20(22)23-4)17(2)10-8-9-13-18-11-6-5-7-12-18/h5-12,16,19H,13-15H2,1-4H3/b9-8+,17-10+/t16-,19+,21-/m1/s1. The number of rotatable bonds is 6. The third-order valence-corrected chi connectivity index (χ3v) is 4.81. The first-order chi connectivity index (χ1) is 11.9. The van der Waals surface area contributed by atoms with Gasteiger partial charge in [0.1, 0.15) is 11.7 Å². The van der Waals surface area contributed by atoms with Crippen LogP contribution in [0, 0.1) is 5.92 Å². The molecule has 0 aromatic heterocycles. The molecule has 1 fully saturated rings. The molecule has 1 saturated heterocycles. The third-order valence-electron chi connectivity index (χ3n) is 4.81. The Morgan fingerprint density at radius 2 is 2.08 bits per heavy atom. The highest BCUT2D eigenvalue weighted by atomic mass is 17.2. The molecule has 0 unspecified atom stereocenters. The summed E-state index contributed by atoms with van der Waals surface area (Å²) < 4.78 is 4.71. The smallest absolute Gasteiger partial charge is 0.308 e. The summed E-state index contributed by atoms with van der Waals surface area (Å²) in [5, 5.41) is 0. The van der Waals surface area contributed by atoms with E-state index in [9.17, 15) is 4.79 Å². The molecule has 0 N–H and O–H groups in total. The van der Waals surface area contributed by atoms with E-state index in [0.717, 1.165) is 18.4 Å². The van der Waals surface area contributed by atoms with E-state index in [0.29, 0.717) is 0 Å². The molecule has 0 spiro atoms. The highest BCUT2D eigenvalue weighted by molar-refractivity contribution is 5.69. The zero-order valence-electron chi connectivity index (χ0n) is 15.5. The number of carbonyl (C=O) groups is 1. The van der Waals surface area contributed by atoms with Gasteiger partial charge in [-0.15, -0.1) is 0 Å². The second-order valence-electron chi connectivity index (χ2n) is 6.88. The van der Waals surface area contributed by atoms with Crippen LogP contribution in [0.1, 0.15) is 39.2 Å². The Balaban J connectivity index is 1.92. The van der Waals surface area contributed by atoms with Crippen molar-refractivity contribution in [3.8, 4) is 0 Å². The van der Waals surface area contributed by atoms with Crippen molar-refractivity contribution in [3.05, 3.63) is 59.7 Å². The van der Waals surface area contributed by atoms with Crippen LogP contribution in [0.4, 0.5) is 0 Å². The van der Waals surface area contributed by atoms with E-state index < -0.39 is 5.60 Å². The molecule has 1 aromatic rings. The molecule has 0 amide bonds. The summed E-state index contributed by atoms with van der Waals surface area (Å²) in [6.45, 7) is 6.14. The van der Waals surface area contributed by atoms with Crippen LogP contribution in [-0.2, 0) is 25.7 Å². The molecule has 0 bridgehead atoms. The molecule has 2 rings (SSSR count). The lowest BCUT2D eigenvalue weighted by Crippen LogP contribution is -2.44.